The molecule has 7 heteroatoms. The van der Waals surface area contributed by atoms with E-state index in [1.54, 1.807) is 6.20 Å². The van der Waals surface area contributed by atoms with Crippen LogP contribution in [0.2, 0.25) is 0 Å². The van der Waals surface area contributed by atoms with Crippen molar-refractivity contribution in [1.29, 1.82) is 0 Å². The summed E-state index contributed by atoms with van der Waals surface area (Å²) in [6.07, 6.45) is 5.79. The summed E-state index contributed by atoms with van der Waals surface area (Å²) in [7, 11) is 0. The number of nitrogen functional groups attached to an aromatic ring is 1. The molecule has 0 unspecified atom stereocenters. The molecule has 3 fully saturated rings. The highest BCUT2D eigenvalue weighted by atomic mass is 16.5. The number of amides is 1. The molecule has 0 bridgehead atoms. The van der Waals surface area contributed by atoms with Gasteiger partial charge < -0.3 is 20.5 Å². The third-order valence-electron chi connectivity index (χ3n) is 6.82. The van der Waals surface area contributed by atoms with Gasteiger partial charge in [0.05, 0.1) is 18.8 Å². The van der Waals surface area contributed by atoms with Gasteiger partial charge >= 0.3 is 0 Å². The summed E-state index contributed by atoms with van der Waals surface area (Å²) < 4.78 is 10.9. The summed E-state index contributed by atoms with van der Waals surface area (Å²) in [5.41, 5.74) is 9.93. The van der Waals surface area contributed by atoms with Gasteiger partial charge in [0.15, 0.2) is 0 Å². The molecule has 2 aliphatic heterocycles. The molecule has 2 aromatic rings. The van der Waals surface area contributed by atoms with Gasteiger partial charge in [-0.3, -0.25) is 9.69 Å². The van der Waals surface area contributed by atoms with Crippen LogP contribution in [0.1, 0.15) is 41.6 Å². The van der Waals surface area contributed by atoms with Gasteiger partial charge in [-0.15, -0.1) is 0 Å². The average Bonchev–Trinajstić information content (AvgIpc) is 3.63. The number of nitrogens with two attached hydrogens (primary N) is 1. The number of nitrogens with zero attached hydrogens (tertiary/aromatic N) is 2. The monoisotopic (exact) mass is 422 g/mol. The van der Waals surface area contributed by atoms with E-state index in [1.165, 1.54) is 18.4 Å². The normalized spacial score (nSPS) is 21.5. The Morgan fingerprint density at radius 3 is 2.39 bits per heavy atom. The molecule has 1 aromatic carbocycles. The number of hydrogen-bond donors (Lipinski definition) is 2. The fraction of sp³-hybridized carbons (Fsp3) is 0.500. The van der Waals surface area contributed by atoms with E-state index in [4.69, 9.17) is 15.2 Å². The Bertz CT molecular complexity index is 930. The van der Waals surface area contributed by atoms with Crippen LogP contribution in [0, 0.1) is 0 Å². The minimum absolute atomic E-state index is 0.124. The summed E-state index contributed by atoms with van der Waals surface area (Å²) in [6.45, 7) is 4.98. The van der Waals surface area contributed by atoms with E-state index in [9.17, 15) is 4.79 Å². The lowest BCUT2D eigenvalue weighted by Crippen LogP contribution is -2.43. The first-order chi connectivity index (χ1) is 15.2. The van der Waals surface area contributed by atoms with Crippen LogP contribution < -0.4 is 11.1 Å². The van der Waals surface area contributed by atoms with Gasteiger partial charge in [0.25, 0.3) is 5.91 Å². The van der Waals surface area contributed by atoms with E-state index in [1.807, 2.05) is 6.07 Å². The van der Waals surface area contributed by atoms with Gasteiger partial charge in [-0.1, -0.05) is 24.3 Å². The Balaban J connectivity index is 1.33. The fourth-order valence-corrected chi connectivity index (χ4v) is 4.79. The standard InChI is InChI=1S/C24H30N4O3/c25-22-21(23(29)27-20-5-11-30-12-6-20)15-18(16-26-22)17-1-3-19(4-2-17)24(7-8-24)28-9-13-31-14-10-28/h1-4,15-16,20H,5-14H2,(H2,25,26)(H,27,29). The maximum atomic E-state index is 12.8. The van der Waals surface area contributed by atoms with Crippen molar-refractivity contribution in [3.63, 3.8) is 0 Å². The third-order valence-corrected chi connectivity index (χ3v) is 6.82. The number of carbonyl (C=O) groups excluding carboxylic acids is 1. The van der Waals surface area contributed by atoms with Gasteiger partial charge in [0.1, 0.15) is 5.82 Å². The average molecular weight is 423 g/mol. The number of ether oxygens (including phenoxy) is 2. The molecule has 5 rings (SSSR count). The predicted molar refractivity (Wildman–Crippen MR) is 119 cm³/mol. The molecule has 3 heterocycles. The Morgan fingerprint density at radius 1 is 1.03 bits per heavy atom. The Hall–Kier alpha value is -2.48. The highest BCUT2D eigenvalue weighted by Gasteiger charge is 2.49. The number of carbonyl (C=O) groups is 1. The number of rotatable bonds is 5. The summed E-state index contributed by atoms with van der Waals surface area (Å²) in [5.74, 6) is 0.0915. The van der Waals surface area contributed by atoms with E-state index in [2.05, 4.69) is 39.5 Å². The first-order valence-electron chi connectivity index (χ1n) is 11.2. The van der Waals surface area contributed by atoms with E-state index < -0.39 is 0 Å². The molecule has 0 spiro atoms. The van der Waals surface area contributed by atoms with Crippen LogP contribution in [0.3, 0.4) is 0 Å². The zero-order chi connectivity index (χ0) is 21.3. The maximum Gasteiger partial charge on any atom is 0.255 e. The van der Waals surface area contributed by atoms with Crippen LogP contribution in [-0.4, -0.2) is 61.3 Å². The first kappa shape index (κ1) is 20.4. The number of nitrogens with one attached hydrogen (secondary N) is 1. The van der Waals surface area contributed by atoms with Crippen molar-refractivity contribution < 1.29 is 14.3 Å². The van der Waals surface area contributed by atoms with Crippen LogP contribution in [0.4, 0.5) is 5.82 Å². The van der Waals surface area contributed by atoms with Gasteiger partial charge in [0.2, 0.25) is 0 Å². The number of pyridine rings is 1. The molecular weight excluding hydrogens is 392 g/mol. The minimum atomic E-state index is -0.167. The number of benzene rings is 1. The number of hydrogen-bond acceptors (Lipinski definition) is 6. The third kappa shape index (κ3) is 4.18. The molecule has 2 saturated heterocycles. The predicted octanol–water partition coefficient (Wildman–Crippen LogP) is 2.56. The van der Waals surface area contributed by atoms with Crippen molar-refractivity contribution >= 4 is 11.7 Å². The van der Waals surface area contributed by atoms with Crippen molar-refractivity contribution in [3.05, 3.63) is 47.7 Å². The molecule has 0 radical (unpaired) electrons. The zero-order valence-corrected chi connectivity index (χ0v) is 17.8. The Morgan fingerprint density at radius 2 is 1.71 bits per heavy atom. The number of aromatic nitrogens is 1. The minimum Gasteiger partial charge on any atom is -0.383 e. The molecule has 3 N–H and O–H groups in total. The van der Waals surface area contributed by atoms with Gasteiger partial charge in [-0.25, -0.2) is 4.98 Å². The second-order valence-electron chi connectivity index (χ2n) is 8.73. The van der Waals surface area contributed by atoms with Crippen LogP contribution in [-0.2, 0) is 15.0 Å². The van der Waals surface area contributed by atoms with Crippen molar-refractivity contribution in [1.82, 2.24) is 15.2 Å². The summed E-state index contributed by atoms with van der Waals surface area (Å²) in [6, 6.07) is 10.7. The Kier molecular flexibility index (Phi) is 5.65. The van der Waals surface area contributed by atoms with E-state index in [-0.39, 0.29) is 23.3 Å². The van der Waals surface area contributed by atoms with Crippen LogP contribution in [0.5, 0.6) is 0 Å². The lowest BCUT2D eigenvalue weighted by molar-refractivity contribution is 0.00835. The number of anilines is 1. The van der Waals surface area contributed by atoms with Crippen LogP contribution in [0.25, 0.3) is 11.1 Å². The largest absolute Gasteiger partial charge is 0.383 e. The molecule has 1 aromatic heterocycles. The van der Waals surface area contributed by atoms with Crippen LogP contribution in [0.15, 0.2) is 36.5 Å². The highest BCUT2D eigenvalue weighted by Crippen LogP contribution is 2.51. The van der Waals surface area contributed by atoms with E-state index >= 15 is 0 Å². The molecule has 31 heavy (non-hydrogen) atoms. The van der Waals surface area contributed by atoms with Crippen molar-refractivity contribution in [2.75, 3.05) is 45.3 Å². The van der Waals surface area contributed by atoms with Crippen molar-refractivity contribution in [2.45, 2.75) is 37.3 Å². The maximum absolute atomic E-state index is 12.8. The molecule has 3 aliphatic rings. The molecule has 164 valence electrons. The van der Waals surface area contributed by atoms with E-state index in [0.717, 1.165) is 50.3 Å². The van der Waals surface area contributed by atoms with Crippen molar-refractivity contribution in [2.24, 2.45) is 0 Å². The molecule has 7 nitrogen and oxygen atoms in total. The molecule has 0 atom stereocenters. The van der Waals surface area contributed by atoms with Crippen LogP contribution >= 0.6 is 0 Å². The quantitative estimate of drug-likeness (QED) is 0.770. The molecule has 1 saturated carbocycles. The van der Waals surface area contributed by atoms with Gasteiger partial charge in [-0.2, -0.15) is 0 Å². The lowest BCUT2D eigenvalue weighted by Gasteiger charge is -2.35. The lowest BCUT2D eigenvalue weighted by atomic mass is 9.98. The Labute approximate surface area is 182 Å². The first-order valence-corrected chi connectivity index (χ1v) is 11.2. The molecular formula is C24H30N4O3. The molecule has 1 amide bonds. The van der Waals surface area contributed by atoms with E-state index in [0.29, 0.717) is 18.8 Å². The van der Waals surface area contributed by atoms with Crippen molar-refractivity contribution in [3.8, 4) is 11.1 Å². The summed E-state index contributed by atoms with van der Waals surface area (Å²) >= 11 is 0. The van der Waals surface area contributed by atoms with Gasteiger partial charge in [-0.05, 0) is 42.9 Å². The summed E-state index contributed by atoms with van der Waals surface area (Å²) in [4.78, 5) is 19.7. The second kappa shape index (κ2) is 8.57. The van der Waals surface area contributed by atoms with Gasteiger partial charge in [0, 0.05) is 49.6 Å². The summed E-state index contributed by atoms with van der Waals surface area (Å²) in [5, 5.41) is 3.07. The fourth-order valence-electron chi connectivity index (χ4n) is 4.79. The highest BCUT2D eigenvalue weighted by molar-refractivity contribution is 5.99. The molecule has 1 aliphatic carbocycles. The second-order valence-corrected chi connectivity index (χ2v) is 8.73. The SMILES string of the molecule is Nc1ncc(-c2ccc(C3(N4CCOCC4)CC3)cc2)cc1C(=O)NC1CCOCC1. The number of morpholine rings is 1. The zero-order valence-electron chi connectivity index (χ0n) is 17.8. The topological polar surface area (TPSA) is 89.7 Å². The smallest absolute Gasteiger partial charge is 0.255 e.